The maximum Gasteiger partial charge on any atom is 0.248 e. The number of hydrogen-bond donors (Lipinski definition) is 0. The summed E-state index contributed by atoms with van der Waals surface area (Å²) in [7, 11) is 1.58. The van der Waals surface area contributed by atoms with Crippen LogP contribution in [0, 0.1) is 0 Å². The van der Waals surface area contributed by atoms with E-state index in [1.165, 1.54) is 11.3 Å². The molecule has 2 aromatic rings. The minimum absolute atomic E-state index is 0.0679. The van der Waals surface area contributed by atoms with E-state index in [4.69, 9.17) is 4.74 Å². The zero-order valence-electron chi connectivity index (χ0n) is 12.8. The number of carbonyl (C=O) groups excluding carboxylic acids is 2. The van der Waals surface area contributed by atoms with Crippen LogP contribution in [0.5, 0.6) is 5.75 Å². The van der Waals surface area contributed by atoms with Gasteiger partial charge in [-0.3, -0.25) is 14.5 Å². The van der Waals surface area contributed by atoms with Crippen molar-refractivity contribution in [3.8, 4) is 5.75 Å². The van der Waals surface area contributed by atoms with Gasteiger partial charge in [-0.05, 0) is 6.07 Å². The Morgan fingerprint density at radius 1 is 1.35 bits per heavy atom. The lowest BCUT2D eigenvalue weighted by Crippen LogP contribution is -2.52. The van der Waals surface area contributed by atoms with Crippen molar-refractivity contribution in [3.63, 3.8) is 0 Å². The molecule has 0 radical (unpaired) electrons. The minimum atomic E-state index is -0.0976. The molecule has 0 spiro atoms. The number of para-hydroxylation sites is 1. The monoisotopic (exact) mass is 331 g/mol. The molecule has 1 saturated heterocycles. The summed E-state index contributed by atoms with van der Waals surface area (Å²) in [5.74, 6) is 0.523. The lowest BCUT2D eigenvalue weighted by Gasteiger charge is -2.33. The number of benzene rings is 1. The average Bonchev–Trinajstić information content (AvgIpc) is 3.09. The molecule has 1 aliphatic heterocycles. The van der Waals surface area contributed by atoms with Crippen LogP contribution in [-0.2, 0) is 16.0 Å². The highest BCUT2D eigenvalue weighted by Gasteiger charge is 2.29. The van der Waals surface area contributed by atoms with Crippen molar-refractivity contribution in [1.29, 1.82) is 0 Å². The minimum Gasteiger partial charge on any atom is -0.496 e. The second kappa shape index (κ2) is 6.78. The van der Waals surface area contributed by atoms with Crippen molar-refractivity contribution in [2.75, 3.05) is 31.6 Å². The molecule has 1 aromatic carbocycles. The molecule has 120 valence electrons. The summed E-state index contributed by atoms with van der Waals surface area (Å²) >= 11 is 1.42. The number of anilines is 1. The molecule has 0 saturated carbocycles. The molecular formula is C16H17N3O3S. The largest absolute Gasteiger partial charge is 0.496 e. The van der Waals surface area contributed by atoms with Gasteiger partial charge in [0.15, 0.2) is 5.13 Å². The molecule has 0 aliphatic carbocycles. The Kier molecular flexibility index (Phi) is 4.57. The molecule has 1 fully saturated rings. The Morgan fingerprint density at radius 2 is 2.17 bits per heavy atom. The van der Waals surface area contributed by atoms with Crippen LogP contribution in [0.2, 0.25) is 0 Å². The zero-order valence-corrected chi connectivity index (χ0v) is 13.6. The van der Waals surface area contributed by atoms with Crippen molar-refractivity contribution in [2.24, 2.45) is 0 Å². The van der Waals surface area contributed by atoms with Crippen molar-refractivity contribution in [3.05, 3.63) is 41.4 Å². The van der Waals surface area contributed by atoms with E-state index in [2.05, 4.69) is 4.98 Å². The van der Waals surface area contributed by atoms with Gasteiger partial charge in [-0.15, -0.1) is 11.3 Å². The van der Waals surface area contributed by atoms with Crippen molar-refractivity contribution in [1.82, 2.24) is 9.88 Å². The third kappa shape index (κ3) is 3.34. The summed E-state index contributed by atoms with van der Waals surface area (Å²) in [6.45, 7) is 1.08. The Hall–Kier alpha value is -2.41. The molecule has 6 nitrogen and oxygen atoms in total. The van der Waals surface area contributed by atoms with Crippen molar-refractivity contribution in [2.45, 2.75) is 6.42 Å². The molecule has 1 aromatic heterocycles. The Balaban J connectivity index is 1.65. The quantitative estimate of drug-likeness (QED) is 0.853. The molecule has 2 heterocycles. The third-order valence-corrected chi connectivity index (χ3v) is 4.55. The van der Waals surface area contributed by atoms with Crippen LogP contribution < -0.4 is 9.64 Å². The van der Waals surface area contributed by atoms with Crippen LogP contribution in [0.3, 0.4) is 0 Å². The number of thiazole rings is 1. The highest BCUT2D eigenvalue weighted by atomic mass is 32.1. The van der Waals surface area contributed by atoms with E-state index in [0.717, 1.165) is 5.56 Å². The maximum absolute atomic E-state index is 12.5. The summed E-state index contributed by atoms with van der Waals surface area (Å²) < 4.78 is 5.27. The van der Waals surface area contributed by atoms with Crippen molar-refractivity contribution < 1.29 is 14.3 Å². The number of methoxy groups -OCH3 is 1. The SMILES string of the molecule is COc1ccccc1CC(=O)N1CCN(c2nccs2)C(=O)C1. The molecule has 0 N–H and O–H groups in total. The van der Waals surface area contributed by atoms with E-state index in [-0.39, 0.29) is 24.8 Å². The Labute approximate surface area is 138 Å². The molecule has 7 heteroatoms. The summed E-state index contributed by atoms with van der Waals surface area (Å²) in [6.07, 6.45) is 1.90. The van der Waals surface area contributed by atoms with Gasteiger partial charge < -0.3 is 9.64 Å². The highest BCUT2D eigenvalue weighted by Crippen LogP contribution is 2.21. The third-order valence-electron chi connectivity index (χ3n) is 3.76. The van der Waals surface area contributed by atoms with E-state index >= 15 is 0 Å². The summed E-state index contributed by atoms with van der Waals surface area (Å²) in [5, 5.41) is 2.52. The highest BCUT2D eigenvalue weighted by molar-refractivity contribution is 7.13. The summed E-state index contributed by atoms with van der Waals surface area (Å²) in [4.78, 5) is 32.1. The molecule has 0 unspecified atom stereocenters. The normalized spacial score (nSPS) is 14.9. The smallest absolute Gasteiger partial charge is 0.248 e. The van der Waals surface area contributed by atoms with Gasteiger partial charge >= 0.3 is 0 Å². The van der Waals surface area contributed by atoms with Crippen LogP contribution in [0.25, 0.3) is 0 Å². The fraction of sp³-hybridized carbons (Fsp3) is 0.312. The first-order valence-corrected chi connectivity index (χ1v) is 8.16. The first-order chi connectivity index (χ1) is 11.2. The number of amides is 2. The standard InChI is InChI=1S/C16H17N3O3S/c1-22-13-5-3-2-4-12(13)10-14(20)18-7-8-19(15(21)11-18)16-17-6-9-23-16/h2-6,9H,7-8,10-11H2,1H3. The van der Waals surface area contributed by atoms with E-state index in [9.17, 15) is 9.59 Å². The average molecular weight is 331 g/mol. The van der Waals surface area contributed by atoms with E-state index < -0.39 is 0 Å². The van der Waals surface area contributed by atoms with Crippen molar-refractivity contribution >= 4 is 28.3 Å². The lowest BCUT2D eigenvalue weighted by molar-refractivity contribution is -0.136. The van der Waals surface area contributed by atoms with E-state index in [1.807, 2.05) is 29.6 Å². The number of aromatic nitrogens is 1. The molecule has 1 aliphatic rings. The molecule has 2 amide bonds. The van der Waals surface area contributed by atoms with Crippen LogP contribution >= 0.6 is 11.3 Å². The number of nitrogens with zero attached hydrogens (tertiary/aromatic N) is 3. The maximum atomic E-state index is 12.5. The van der Waals surface area contributed by atoms with Gasteiger partial charge in [0.2, 0.25) is 11.8 Å². The zero-order chi connectivity index (χ0) is 16.2. The predicted octanol–water partition coefficient (Wildman–Crippen LogP) is 1.57. The molecule has 23 heavy (non-hydrogen) atoms. The van der Waals surface area contributed by atoms with Gasteiger partial charge in [-0.25, -0.2) is 4.98 Å². The first-order valence-electron chi connectivity index (χ1n) is 7.28. The fourth-order valence-electron chi connectivity index (χ4n) is 2.56. The Morgan fingerprint density at radius 3 is 2.87 bits per heavy atom. The fourth-order valence-corrected chi connectivity index (χ4v) is 3.25. The number of piperazine rings is 1. The van der Waals surface area contributed by atoms with Gasteiger partial charge in [0.25, 0.3) is 0 Å². The Bertz CT molecular complexity index is 702. The molecule has 3 rings (SSSR count). The molecular weight excluding hydrogens is 314 g/mol. The van der Waals surface area contributed by atoms with E-state index in [1.54, 1.807) is 23.1 Å². The van der Waals surface area contributed by atoms with Gasteiger partial charge in [0, 0.05) is 30.2 Å². The summed E-state index contributed by atoms with van der Waals surface area (Å²) in [6, 6.07) is 7.43. The summed E-state index contributed by atoms with van der Waals surface area (Å²) in [5.41, 5.74) is 0.829. The second-order valence-electron chi connectivity index (χ2n) is 5.16. The number of rotatable bonds is 4. The first kappa shape index (κ1) is 15.5. The van der Waals surface area contributed by atoms with Crippen LogP contribution in [0.15, 0.2) is 35.8 Å². The molecule has 0 bridgehead atoms. The van der Waals surface area contributed by atoms with Gasteiger partial charge in [-0.1, -0.05) is 18.2 Å². The van der Waals surface area contributed by atoms with E-state index in [0.29, 0.717) is 24.0 Å². The van der Waals surface area contributed by atoms with Gasteiger partial charge in [0.1, 0.15) is 12.3 Å². The lowest BCUT2D eigenvalue weighted by atomic mass is 10.1. The van der Waals surface area contributed by atoms with Crippen LogP contribution in [0.1, 0.15) is 5.56 Å². The van der Waals surface area contributed by atoms with Gasteiger partial charge in [-0.2, -0.15) is 0 Å². The number of carbonyl (C=O) groups is 2. The van der Waals surface area contributed by atoms with Crippen LogP contribution in [0.4, 0.5) is 5.13 Å². The molecule has 0 atom stereocenters. The number of hydrogen-bond acceptors (Lipinski definition) is 5. The van der Waals surface area contributed by atoms with Gasteiger partial charge in [0.05, 0.1) is 13.5 Å². The second-order valence-corrected chi connectivity index (χ2v) is 6.04. The predicted molar refractivity (Wildman–Crippen MR) is 87.7 cm³/mol. The number of ether oxygens (including phenoxy) is 1. The van der Waals surface area contributed by atoms with Crippen LogP contribution in [-0.4, -0.2) is 48.4 Å². The topological polar surface area (TPSA) is 62.7 Å².